The molecule has 1 aliphatic heterocycles. The minimum Gasteiger partial charge on any atom is -0.397 e. The van der Waals surface area contributed by atoms with Crippen molar-refractivity contribution in [1.29, 1.82) is 0 Å². The Morgan fingerprint density at radius 3 is 2.71 bits per heavy atom. The first kappa shape index (κ1) is 11.8. The quantitative estimate of drug-likeness (QED) is 0.784. The minimum absolute atomic E-state index is 0.0947. The maximum atomic E-state index is 12.1. The van der Waals surface area contributed by atoms with E-state index in [9.17, 15) is 4.79 Å². The molecule has 1 aromatic carbocycles. The van der Waals surface area contributed by atoms with Crippen LogP contribution >= 0.6 is 0 Å². The van der Waals surface area contributed by atoms with Gasteiger partial charge in [0.2, 0.25) is 0 Å². The summed E-state index contributed by atoms with van der Waals surface area (Å²) in [5.41, 5.74) is 8.13. The summed E-state index contributed by atoms with van der Waals surface area (Å²) in [4.78, 5) is 14.0. The van der Waals surface area contributed by atoms with E-state index in [0.717, 1.165) is 38.2 Å². The van der Waals surface area contributed by atoms with E-state index in [1.54, 1.807) is 6.07 Å². The lowest BCUT2D eigenvalue weighted by Crippen LogP contribution is -2.27. The minimum atomic E-state index is 0.0947. The summed E-state index contributed by atoms with van der Waals surface area (Å²) in [6.45, 7) is 4.58. The van der Waals surface area contributed by atoms with E-state index in [-0.39, 0.29) is 5.91 Å². The smallest absolute Gasteiger partial charge is 0.253 e. The van der Waals surface area contributed by atoms with Crippen molar-refractivity contribution in [3.8, 4) is 0 Å². The summed E-state index contributed by atoms with van der Waals surface area (Å²) in [7, 11) is 0. The number of carbonyl (C=O) groups is 1. The lowest BCUT2D eigenvalue weighted by atomic mass is 10.1. The predicted octanol–water partition coefficient (Wildman–Crippen LogP) is 1.94. The monoisotopic (exact) mass is 233 g/mol. The van der Waals surface area contributed by atoms with Crippen LogP contribution in [0.5, 0.6) is 0 Å². The second-order valence-corrected chi connectivity index (χ2v) is 4.33. The third-order valence-corrected chi connectivity index (χ3v) is 3.06. The molecule has 1 aromatic rings. The van der Waals surface area contributed by atoms with E-state index >= 15 is 0 Å². The third-order valence-electron chi connectivity index (χ3n) is 3.06. The Morgan fingerprint density at radius 2 is 2.12 bits per heavy atom. The molecule has 0 aliphatic carbocycles. The van der Waals surface area contributed by atoms with Crippen LogP contribution in [-0.4, -0.2) is 30.4 Å². The molecule has 1 aliphatic rings. The molecule has 0 bridgehead atoms. The van der Waals surface area contributed by atoms with Crippen LogP contribution in [0.1, 0.15) is 30.1 Å². The number of nitrogens with two attached hydrogens (primary N) is 1. The summed E-state index contributed by atoms with van der Waals surface area (Å²) >= 11 is 0. The van der Waals surface area contributed by atoms with Crippen molar-refractivity contribution in [2.24, 2.45) is 0 Å². The fourth-order valence-corrected chi connectivity index (χ4v) is 2.15. The number of carbonyl (C=O) groups excluding carboxylic acids is 1. The topological polar surface area (TPSA) is 58.4 Å². The van der Waals surface area contributed by atoms with Crippen molar-refractivity contribution < 1.29 is 4.79 Å². The Bertz CT molecular complexity index is 411. The van der Waals surface area contributed by atoms with Gasteiger partial charge < -0.3 is 16.0 Å². The molecule has 0 atom stereocenters. The van der Waals surface area contributed by atoms with Gasteiger partial charge in [-0.05, 0) is 38.0 Å². The van der Waals surface area contributed by atoms with Crippen molar-refractivity contribution in [3.05, 3.63) is 23.8 Å². The zero-order valence-corrected chi connectivity index (χ0v) is 10.2. The molecule has 4 heteroatoms. The molecule has 92 valence electrons. The molecule has 1 amide bonds. The zero-order chi connectivity index (χ0) is 12.3. The number of likely N-dealkylation sites (tertiary alicyclic amines) is 1. The third kappa shape index (κ3) is 2.52. The molecule has 0 unspecified atom stereocenters. The lowest BCUT2D eigenvalue weighted by molar-refractivity contribution is 0.0793. The number of nitrogens with zero attached hydrogens (tertiary/aromatic N) is 1. The molecular weight excluding hydrogens is 214 g/mol. The van der Waals surface area contributed by atoms with Gasteiger partial charge in [-0.25, -0.2) is 0 Å². The molecular formula is C13H19N3O. The zero-order valence-electron chi connectivity index (χ0n) is 10.2. The summed E-state index contributed by atoms with van der Waals surface area (Å²) in [6, 6.07) is 5.48. The highest BCUT2D eigenvalue weighted by molar-refractivity contribution is 5.96. The molecule has 17 heavy (non-hydrogen) atoms. The van der Waals surface area contributed by atoms with E-state index in [4.69, 9.17) is 5.73 Å². The lowest BCUT2D eigenvalue weighted by Gasteiger charge is -2.16. The van der Waals surface area contributed by atoms with Gasteiger partial charge in [0.25, 0.3) is 5.91 Å². The maximum Gasteiger partial charge on any atom is 0.253 e. The molecule has 1 saturated heterocycles. The standard InChI is InChI=1S/C13H19N3O/c1-2-15-12-6-5-10(9-11(12)14)13(17)16-7-3-4-8-16/h5-6,9,15H,2-4,7-8,14H2,1H3. The van der Waals surface area contributed by atoms with Gasteiger partial charge in [0.05, 0.1) is 11.4 Å². The van der Waals surface area contributed by atoms with Gasteiger partial charge in [-0.15, -0.1) is 0 Å². The van der Waals surface area contributed by atoms with Gasteiger partial charge in [0, 0.05) is 25.2 Å². The van der Waals surface area contributed by atoms with Crippen LogP contribution in [0.25, 0.3) is 0 Å². The number of nitrogen functional groups attached to an aromatic ring is 1. The molecule has 3 N–H and O–H groups in total. The van der Waals surface area contributed by atoms with Crippen LogP contribution in [0.4, 0.5) is 11.4 Å². The number of hydrogen-bond donors (Lipinski definition) is 2. The van der Waals surface area contributed by atoms with Gasteiger partial charge >= 0.3 is 0 Å². The van der Waals surface area contributed by atoms with Gasteiger partial charge in [0.15, 0.2) is 0 Å². The fourth-order valence-electron chi connectivity index (χ4n) is 2.15. The average Bonchev–Trinajstić information content (AvgIpc) is 2.84. The van der Waals surface area contributed by atoms with Crippen molar-refractivity contribution in [2.45, 2.75) is 19.8 Å². The first-order valence-electron chi connectivity index (χ1n) is 6.15. The molecule has 4 nitrogen and oxygen atoms in total. The number of nitrogens with one attached hydrogen (secondary N) is 1. The van der Waals surface area contributed by atoms with Crippen LogP contribution in [0.2, 0.25) is 0 Å². The second-order valence-electron chi connectivity index (χ2n) is 4.33. The number of hydrogen-bond acceptors (Lipinski definition) is 3. The molecule has 0 spiro atoms. The second kappa shape index (κ2) is 5.08. The van der Waals surface area contributed by atoms with Crippen molar-refractivity contribution >= 4 is 17.3 Å². The summed E-state index contributed by atoms with van der Waals surface area (Å²) in [5, 5.41) is 3.16. The van der Waals surface area contributed by atoms with Crippen LogP contribution in [-0.2, 0) is 0 Å². The highest BCUT2D eigenvalue weighted by Gasteiger charge is 2.19. The molecule has 0 radical (unpaired) electrons. The van der Waals surface area contributed by atoms with Gasteiger partial charge in [-0.2, -0.15) is 0 Å². The number of benzene rings is 1. The number of rotatable bonds is 3. The van der Waals surface area contributed by atoms with E-state index in [1.165, 1.54) is 0 Å². The first-order valence-corrected chi connectivity index (χ1v) is 6.15. The Labute approximate surface area is 102 Å². The number of anilines is 2. The van der Waals surface area contributed by atoms with E-state index in [1.807, 2.05) is 24.0 Å². The molecule has 1 heterocycles. The molecule has 0 saturated carbocycles. The van der Waals surface area contributed by atoms with Crippen LogP contribution in [0.15, 0.2) is 18.2 Å². The van der Waals surface area contributed by atoms with Crippen LogP contribution in [0, 0.1) is 0 Å². The fraction of sp³-hybridized carbons (Fsp3) is 0.462. The first-order chi connectivity index (χ1) is 8.22. The Balaban J connectivity index is 2.16. The van der Waals surface area contributed by atoms with E-state index in [2.05, 4.69) is 5.32 Å². The van der Waals surface area contributed by atoms with E-state index in [0.29, 0.717) is 11.3 Å². The van der Waals surface area contributed by atoms with E-state index < -0.39 is 0 Å². The summed E-state index contributed by atoms with van der Waals surface area (Å²) in [5.74, 6) is 0.0947. The highest BCUT2D eigenvalue weighted by atomic mass is 16.2. The Kier molecular flexibility index (Phi) is 3.52. The molecule has 0 aromatic heterocycles. The van der Waals surface area contributed by atoms with Crippen LogP contribution < -0.4 is 11.1 Å². The van der Waals surface area contributed by atoms with Crippen molar-refractivity contribution in [1.82, 2.24) is 4.90 Å². The normalized spacial score (nSPS) is 15.0. The maximum absolute atomic E-state index is 12.1. The van der Waals surface area contributed by atoms with Crippen molar-refractivity contribution in [3.63, 3.8) is 0 Å². The summed E-state index contributed by atoms with van der Waals surface area (Å²) < 4.78 is 0. The predicted molar refractivity (Wildman–Crippen MR) is 70.2 cm³/mol. The average molecular weight is 233 g/mol. The molecule has 2 rings (SSSR count). The SMILES string of the molecule is CCNc1ccc(C(=O)N2CCCC2)cc1N. The Hall–Kier alpha value is -1.71. The Morgan fingerprint density at radius 1 is 1.41 bits per heavy atom. The van der Waals surface area contributed by atoms with Crippen molar-refractivity contribution in [2.75, 3.05) is 30.7 Å². The van der Waals surface area contributed by atoms with Crippen LogP contribution in [0.3, 0.4) is 0 Å². The summed E-state index contributed by atoms with van der Waals surface area (Å²) in [6.07, 6.45) is 2.22. The molecule has 1 fully saturated rings. The largest absolute Gasteiger partial charge is 0.397 e. The van der Waals surface area contributed by atoms with Gasteiger partial charge in [-0.3, -0.25) is 4.79 Å². The number of amides is 1. The van der Waals surface area contributed by atoms with Gasteiger partial charge in [0.1, 0.15) is 0 Å². The van der Waals surface area contributed by atoms with Gasteiger partial charge in [-0.1, -0.05) is 0 Å². The highest BCUT2D eigenvalue weighted by Crippen LogP contribution is 2.21.